The monoisotopic (exact) mass is 267 g/mol. The Bertz CT molecular complexity index is 694. The lowest BCUT2D eigenvalue weighted by Crippen LogP contribution is -2.37. The summed E-state index contributed by atoms with van der Waals surface area (Å²) >= 11 is 0. The van der Waals surface area contributed by atoms with Crippen molar-refractivity contribution in [2.24, 2.45) is 0 Å². The van der Waals surface area contributed by atoms with Crippen LogP contribution < -0.4 is 4.90 Å². The van der Waals surface area contributed by atoms with E-state index >= 15 is 0 Å². The Hall–Kier alpha value is -2.62. The third-order valence-electron chi connectivity index (χ3n) is 3.44. The Morgan fingerprint density at radius 1 is 1.05 bits per heavy atom. The molecule has 1 aliphatic heterocycles. The molecule has 20 heavy (non-hydrogen) atoms. The molecule has 0 saturated heterocycles. The van der Waals surface area contributed by atoms with Crippen molar-refractivity contribution >= 4 is 17.4 Å². The molecular weight excluding hydrogens is 254 g/mol. The normalized spacial score (nSPS) is 14.0. The number of benzene rings is 2. The van der Waals surface area contributed by atoms with E-state index in [0.717, 1.165) is 0 Å². The van der Waals surface area contributed by atoms with Gasteiger partial charge in [0.2, 0.25) is 0 Å². The number of phenols is 1. The number of hydrogen-bond acceptors (Lipinski definition) is 3. The number of fused-ring (bicyclic) bond motifs is 1. The van der Waals surface area contributed by atoms with E-state index in [0.29, 0.717) is 24.2 Å². The smallest absolute Gasteiger partial charge is 0.262 e. The van der Waals surface area contributed by atoms with Crippen molar-refractivity contribution in [3.05, 3.63) is 59.7 Å². The van der Waals surface area contributed by atoms with Gasteiger partial charge < -0.3 is 10.0 Å². The quantitative estimate of drug-likeness (QED) is 0.864. The number of carbonyl (C=O) groups excluding carboxylic acids is 2. The summed E-state index contributed by atoms with van der Waals surface area (Å²) in [5, 5.41) is 9.80. The van der Waals surface area contributed by atoms with Gasteiger partial charge in [-0.15, -0.1) is 0 Å². The molecule has 0 saturated carbocycles. The summed E-state index contributed by atoms with van der Waals surface area (Å²) in [5.41, 5.74) is 1.41. The molecule has 3 rings (SSSR count). The molecule has 0 radical (unpaired) electrons. The molecule has 4 heteroatoms. The number of hydrogen-bond donors (Lipinski definition) is 1. The van der Waals surface area contributed by atoms with Crippen LogP contribution in [0.25, 0.3) is 0 Å². The number of Topliss-reactive ketones (excluding diaryl/α,β-unsaturated/α-hetero) is 1. The maximum Gasteiger partial charge on any atom is 0.262 e. The van der Waals surface area contributed by atoms with Gasteiger partial charge >= 0.3 is 0 Å². The first-order valence-electron chi connectivity index (χ1n) is 6.40. The summed E-state index contributed by atoms with van der Waals surface area (Å²) in [5.74, 6) is -0.295. The van der Waals surface area contributed by atoms with Crippen molar-refractivity contribution in [3.8, 4) is 5.75 Å². The molecule has 2 aromatic rings. The minimum atomic E-state index is -0.289. The number of phenolic OH excluding ortho intramolecular Hbond substituents is 1. The molecule has 0 aromatic heterocycles. The second kappa shape index (κ2) is 4.81. The molecule has 2 aromatic carbocycles. The number of nitrogens with zero attached hydrogens (tertiary/aromatic N) is 1. The molecule has 0 bridgehead atoms. The van der Waals surface area contributed by atoms with Gasteiger partial charge in [-0.1, -0.05) is 24.3 Å². The summed E-state index contributed by atoms with van der Waals surface area (Å²) < 4.78 is 0. The van der Waals surface area contributed by atoms with Gasteiger partial charge in [0.1, 0.15) is 5.75 Å². The van der Waals surface area contributed by atoms with E-state index < -0.39 is 0 Å². The van der Waals surface area contributed by atoms with E-state index in [1.54, 1.807) is 47.4 Å². The Morgan fingerprint density at radius 3 is 2.55 bits per heavy atom. The van der Waals surface area contributed by atoms with Crippen LogP contribution in [-0.2, 0) is 0 Å². The second-order valence-electron chi connectivity index (χ2n) is 4.66. The van der Waals surface area contributed by atoms with Crippen molar-refractivity contribution < 1.29 is 14.7 Å². The molecule has 0 unspecified atom stereocenters. The molecule has 0 fully saturated rings. The van der Waals surface area contributed by atoms with Crippen LogP contribution >= 0.6 is 0 Å². The fraction of sp³-hybridized carbons (Fsp3) is 0.125. The number of rotatable bonds is 1. The van der Waals surface area contributed by atoms with Crippen LogP contribution in [-0.4, -0.2) is 23.3 Å². The van der Waals surface area contributed by atoms with Gasteiger partial charge in [-0.25, -0.2) is 0 Å². The van der Waals surface area contributed by atoms with Gasteiger partial charge in [0.05, 0.1) is 11.3 Å². The van der Waals surface area contributed by atoms with Crippen LogP contribution in [0, 0.1) is 0 Å². The Labute approximate surface area is 116 Å². The van der Waals surface area contributed by atoms with Gasteiger partial charge in [-0.05, 0) is 24.3 Å². The highest BCUT2D eigenvalue weighted by Gasteiger charge is 2.28. The fourth-order valence-corrected chi connectivity index (χ4v) is 2.42. The average molecular weight is 267 g/mol. The maximum atomic E-state index is 12.5. The molecule has 100 valence electrons. The summed E-state index contributed by atoms with van der Waals surface area (Å²) in [6.07, 6.45) is 0.302. The summed E-state index contributed by atoms with van der Waals surface area (Å²) in [6.45, 7) is 0.336. The number of para-hydroxylation sites is 2. The predicted molar refractivity (Wildman–Crippen MR) is 75.2 cm³/mol. The summed E-state index contributed by atoms with van der Waals surface area (Å²) in [6, 6.07) is 13.5. The molecule has 0 atom stereocenters. The third-order valence-corrected chi connectivity index (χ3v) is 3.44. The van der Waals surface area contributed by atoms with Crippen LogP contribution in [0.2, 0.25) is 0 Å². The molecule has 4 nitrogen and oxygen atoms in total. The first kappa shape index (κ1) is 12.4. The van der Waals surface area contributed by atoms with Crippen LogP contribution in [0.4, 0.5) is 5.69 Å². The van der Waals surface area contributed by atoms with E-state index in [-0.39, 0.29) is 23.0 Å². The number of aromatic hydroxyl groups is 1. The number of amides is 1. The summed E-state index contributed by atoms with van der Waals surface area (Å²) in [7, 11) is 0. The highest BCUT2D eigenvalue weighted by Crippen LogP contribution is 2.29. The standard InChI is InChI=1S/C16H13NO3/c18-14-8-4-2-6-12(14)16(20)17-10-9-15(19)11-5-1-3-7-13(11)17/h1-8,18H,9-10H2. The molecular formula is C16H13NO3. The van der Waals surface area contributed by atoms with Crippen LogP contribution in [0.15, 0.2) is 48.5 Å². The van der Waals surface area contributed by atoms with Gasteiger partial charge in [-0.2, -0.15) is 0 Å². The van der Waals surface area contributed by atoms with E-state index in [2.05, 4.69) is 0 Å². The van der Waals surface area contributed by atoms with E-state index in [4.69, 9.17) is 0 Å². The van der Waals surface area contributed by atoms with Gasteiger partial charge in [0.15, 0.2) is 5.78 Å². The zero-order valence-electron chi connectivity index (χ0n) is 10.7. The highest BCUT2D eigenvalue weighted by atomic mass is 16.3. The largest absolute Gasteiger partial charge is 0.507 e. The minimum Gasteiger partial charge on any atom is -0.507 e. The van der Waals surface area contributed by atoms with E-state index in [1.165, 1.54) is 6.07 Å². The topological polar surface area (TPSA) is 57.6 Å². The number of anilines is 1. The third kappa shape index (κ3) is 1.95. The van der Waals surface area contributed by atoms with Gasteiger partial charge in [0.25, 0.3) is 5.91 Å². The predicted octanol–water partition coefficient (Wildman–Crippen LogP) is 2.63. The van der Waals surface area contributed by atoms with Crippen LogP contribution in [0.1, 0.15) is 27.1 Å². The average Bonchev–Trinajstić information content (AvgIpc) is 2.48. The number of carbonyl (C=O) groups is 2. The molecule has 1 amide bonds. The highest BCUT2D eigenvalue weighted by molar-refractivity contribution is 6.14. The van der Waals surface area contributed by atoms with Crippen molar-refractivity contribution in [2.45, 2.75) is 6.42 Å². The molecule has 1 aliphatic rings. The molecule has 1 heterocycles. The SMILES string of the molecule is O=C1CCN(C(=O)c2ccccc2O)c2ccccc21. The van der Waals surface area contributed by atoms with Crippen LogP contribution in [0.5, 0.6) is 5.75 Å². The minimum absolute atomic E-state index is 0.0435. The molecule has 1 N–H and O–H groups in total. The van der Waals surface area contributed by atoms with E-state index in [9.17, 15) is 14.7 Å². The fourth-order valence-electron chi connectivity index (χ4n) is 2.42. The Balaban J connectivity index is 2.04. The second-order valence-corrected chi connectivity index (χ2v) is 4.66. The zero-order chi connectivity index (χ0) is 14.1. The Kier molecular flexibility index (Phi) is 2.99. The lowest BCUT2D eigenvalue weighted by Gasteiger charge is -2.28. The van der Waals surface area contributed by atoms with E-state index in [1.807, 2.05) is 0 Å². The Morgan fingerprint density at radius 2 is 1.75 bits per heavy atom. The molecule has 0 spiro atoms. The molecule has 0 aliphatic carbocycles. The lowest BCUT2D eigenvalue weighted by molar-refractivity contribution is 0.0954. The first-order chi connectivity index (χ1) is 9.68. The van der Waals surface area contributed by atoms with Crippen molar-refractivity contribution in [2.75, 3.05) is 11.4 Å². The van der Waals surface area contributed by atoms with Crippen molar-refractivity contribution in [1.82, 2.24) is 0 Å². The van der Waals surface area contributed by atoms with Crippen LogP contribution in [0.3, 0.4) is 0 Å². The van der Waals surface area contributed by atoms with Gasteiger partial charge in [0, 0.05) is 18.5 Å². The number of ketones is 1. The van der Waals surface area contributed by atoms with Crippen molar-refractivity contribution in [3.63, 3.8) is 0 Å². The van der Waals surface area contributed by atoms with Gasteiger partial charge in [-0.3, -0.25) is 9.59 Å². The maximum absolute atomic E-state index is 12.5. The lowest BCUT2D eigenvalue weighted by atomic mass is 9.99. The summed E-state index contributed by atoms with van der Waals surface area (Å²) in [4.78, 5) is 26.0. The first-order valence-corrected chi connectivity index (χ1v) is 6.40. The zero-order valence-corrected chi connectivity index (χ0v) is 10.7. The van der Waals surface area contributed by atoms with Crippen molar-refractivity contribution in [1.29, 1.82) is 0 Å².